The number of rotatable bonds is 5. The van der Waals surface area contributed by atoms with Crippen molar-refractivity contribution in [1.82, 2.24) is 0 Å². The Balaban J connectivity index is 1.91. The fourth-order valence-electron chi connectivity index (χ4n) is 3.40. The van der Waals surface area contributed by atoms with E-state index in [9.17, 15) is 5.11 Å². The number of benzene rings is 1. The van der Waals surface area contributed by atoms with E-state index in [1.807, 2.05) is 0 Å². The van der Waals surface area contributed by atoms with E-state index in [2.05, 4.69) is 32.0 Å². The van der Waals surface area contributed by atoms with E-state index in [0.717, 1.165) is 18.3 Å². The Morgan fingerprint density at radius 1 is 1.11 bits per heavy atom. The molecule has 2 saturated carbocycles. The van der Waals surface area contributed by atoms with Gasteiger partial charge in [0.15, 0.2) is 0 Å². The highest BCUT2D eigenvalue weighted by atomic mass is 16.3. The van der Waals surface area contributed by atoms with Gasteiger partial charge in [0, 0.05) is 0 Å². The van der Waals surface area contributed by atoms with Gasteiger partial charge in [-0.3, -0.25) is 0 Å². The lowest BCUT2D eigenvalue weighted by Crippen LogP contribution is -2.04. The molecule has 98 valence electrons. The molecule has 2 unspecified atom stereocenters. The quantitative estimate of drug-likeness (QED) is 0.788. The first-order valence-electron chi connectivity index (χ1n) is 7.54. The van der Waals surface area contributed by atoms with E-state index in [-0.39, 0.29) is 0 Å². The van der Waals surface area contributed by atoms with Gasteiger partial charge in [0.2, 0.25) is 0 Å². The lowest BCUT2D eigenvalue weighted by atomic mass is 9.86. The summed E-state index contributed by atoms with van der Waals surface area (Å²) in [5.74, 6) is 3.35. The Hall–Kier alpha value is -0.980. The topological polar surface area (TPSA) is 20.2 Å². The molecule has 2 fully saturated rings. The van der Waals surface area contributed by atoms with Crippen LogP contribution in [-0.4, -0.2) is 5.11 Å². The lowest BCUT2D eigenvalue weighted by Gasteiger charge is -2.20. The number of phenolic OH excluding ortho intramolecular Hbond substituents is 1. The van der Waals surface area contributed by atoms with Crippen LogP contribution in [0.4, 0.5) is 0 Å². The molecule has 1 aromatic rings. The molecular formula is C17H24O. The number of aromatic hydroxyl groups is 1. The molecule has 0 heterocycles. The summed E-state index contributed by atoms with van der Waals surface area (Å²) in [6, 6.07) is 6.42. The van der Waals surface area contributed by atoms with E-state index in [0.29, 0.717) is 17.6 Å². The van der Waals surface area contributed by atoms with Gasteiger partial charge in [-0.2, -0.15) is 0 Å². The standard InChI is InChI=1S/C17H24O/c1-3-14(13-9-10-13)16-6-4-5-15(17(16)18)11(2)12-7-8-12/h4-6,11-14,18H,3,7-10H2,1-2H3. The zero-order valence-corrected chi connectivity index (χ0v) is 11.5. The minimum absolute atomic E-state index is 0.529. The average molecular weight is 244 g/mol. The molecule has 0 bridgehead atoms. The Labute approximate surface area is 110 Å². The molecular weight excluding hydrogens is 220 g/mol. The molecule has 1 heteroatoms. The Bertz CT molecular complexity index is 429. The van der Waals surface area contributed by atoms with Crippen LogP contribution in [0, 0.1) is 11.8 Å². The van der Waals surface area contributed by atoms with Crippen molar-refractivity contribution < 1.29 is 5.11 Å². The normalized spacial score (nSPS) is 22.8. The van der Waals surface area contributed by atoms with Crippen LogP contribution < -0.4 is 0 Å². The van der Waals surface area contributed by atoms with Crippen molar-refractivity contribution in [2.45, 2.75) is 57.8 Å². The Morgan fingerprint density at radius 3 is 2.28 bits per heavy atom. The van der Waals surface area contributed by atoms with E-state index < -0.39 is 0 Å². The number of phenols is 1. The van der Waals surface area contributed by atoms with Gasteiger partial charge < -0.3 is 5.11 Å². The Morgan fingerprint density at radius 2 is 1.72 bits per heavy atom. The maximum absolute atomic E-state index is 10.6. The van der Waals surface area contributed by atoms with Gasteiger partial charge in [0.1, 0.15) is 5.75 Å². The van der Waals surface area contributed by atoms with Crippen molar-refractivity contribution in [3.8, 4) is 5.75 Å². The van der Waals surface area contributed by atoms with E-state index >= 15 is 0 Å². The second kappa shape index (κ2) is 4.60. The van der Waals surface area contributed by atoms with Crippen molar-refractivity contribution in [2.75, 3.05) is 0 Å². The van der Waals surface area contributed by atoms with Crippen molar-refractivity contribution >= 4 is 0 Å². The maximum Gasteiger partial charge on any atom is 0.122 e. The summed E-state index contributed by atoms with van der Waals surface area (Å²) < 4.78 is 0. The number of hydrogen-bond acceptors (Lipinski definition) is 1. The maximum atomic E-state index is 10.6. The first-order chi connectivity index (χ1) is 8.72. The predicted octanol–water partition coefficient (Wildman–Crippen LogP) is 4.81. The minimum atomic E-state index is 0.529. The zero-order valence-electron chi connectivity index (χ0n) is 11.5. The molecule has 0 aromatic heterocycles. The van der Waals surface area contributed by atoms with Gasteiger partial charge in [-0.05, 0) is 66.9 Å². The van der Waals surface area contributed by atoms with Crippen molar-refractivity contribution in [3.05, 3.63) is 29.3 Å². The number of para-hydroxylation sites is 1. The summed E-state index contributed by atoms with van der Waals surface area (Å²) in [6.45, 7) is 4.52. The summed E-state index contributed by atoms with van der Waals surface area (Å²) in [6.07, 6.45) is 6.52. The van der Waals surface area contributed by atoms with Crippen molar-refractivity contribution in [3.63, 3.8) is 0 Å². The fourth-order valence-corrected chi connectivity index (χ4v) is 3.40. The summed E-state index contributed by atoms with van der Waals surface area (Å²) in [5.41, 5.74) is 2.40. The van der Waals surface area contributed by atoms with E-state index in [4.69, 9.17) is 0 Å². The monoisotopic (exact) mass is 244 g/mol. The minimum Gasteiger partial charge on any atom is -0.507 e. The van der Waals surface area contributed by atoms with E-state index in [1.165, 1.54) is 36.8 Å². The second-order valence-corrected chi connectivity index (χ2v) is 6.26. The SMILES string of the molecule is CCC(c1cccc(C(C)C2CC2)c1O)C1CC1. The van der Waals surface area contributed by atoms with Gasteiger partial charge in [-0.1, -0.05) is 32.0 Å². The van der Waals surface area contributed by atoms with Crippen LogP contribution in [0.15, 0.2) is 18.2 Å². The third-order valence-electron chi connectivity index (χ3n) is 4.95. The van der Waals surface area contributed by atoms with Gasteiger partial charge in [-0.25, -0.2) is 0 Å². The predicted molar refractivity (Wildman–Crippen MR) is 75.0 cm³/mol. The van der Waals surface area contributed by atoms with Crippen LogP contribution in [0.2, 0.25) is 0 Å². The molecule has 2 atom stereocenters. The first-order valence-corrected chi connectivity index (χ1v) is 7.54. The fraction of sp³-hybridized carbons (Fsp3) is 0.647. The third kappa shape index (κ3) is 2.15. The van der Waals surface area contributed by atoms with Crippen molar-refractivity contribution in [2.24, 2.45) is 11.8 Å². The molecule has 3 rings (SSSR count). The molecule has 2 aliphatic carbocycles. The lowest BCUT2D eigenvalue weighted by molar-refractivity contribution is 0.437. The van der Waals surface area contributed by atoms with Crippen LogP contribution in [-0.2, 0) is 0 Å². The van der Waals surface area contributed by atoms with Crippen LogP contribution in [0.1, 0.15) is 68.9 Å². The third-order valence-corrected chi connectivity index (χ3v) is 4.95. The smallest absolute Gasteiger partial charge is 0.122 e. The van der Waals surface area contributed by atoms with E-state index in [1.54, 1.807) is 0 Å². The molecule has 0 amide bonds. The zero-order chi connectivity index (χ0) is 12.7. The Kier molecular flexibility index (Phi) is 3.09. The summed E-state index contributed by atoms with van der Waals surface area (Å²) in [7, 11) is 0. The summed E-state index contributed by atoms with van der Waals surface area (Å²) >= 11 is 0. The van der Waals surface area contributed by atoms with Crippen LogP contribution in [0.25, 0.3) is 0 Å². The molecule has 1 aromatic carbocycles. The highest BCUT2D eigenvalue weighted by molar-refractivity contribution is 5.45. The molecule has 0 saturated heterocycles. The van der Waals surface area contributed by atoms with Crippen LogP contribution in [0.5, 0.6) is 5.75 Å². The van der Waals surface area contributed by atoms with Crippen LogP contribution >= 0.6 is 0 Å². The number of hydrogen-bond donors (Lipinski definition) is 1. The molecule has 18 heavy (non-hydrogen) atoms. The largest absolute Gasteiger partial charge is 0.507 e. The molecule has 0 aliphatic heterocycles. The molecule has 1 nitrogen and oxygen atoms in total. The highest BCUT2D eigenvalue weighted by Gasteiger charge is 2.35. The molecule has 0 spiro atoms. The van der Waals surface area contributed by atoms with Gasteiger partial charge in [0.25, 0.3) is 0 Å². The highest BCUT2D eigenvalue weighted by Crippen LogP contribution is 2.50. The van der Waals surface area contributed by atoms with Gasteiger partial charge in [-0.15, -0.1) is 0 Å². The average Bonchev–Trinajstić information content (AvgIpc) is 3.24. The van der Waals surface area contributed by atoms with Crippen LogP contribution in [0.3, 0.4) is 0 Å². The van der Waals surface area contributed by atoms with Gasteiger partial charge >= 0.3 is 0 Å². The van der Waals surface area contributed by atoms with Crippen molar-refractivity contribution in [1.29, 1.82) is 0 Å². The molecule has 0 radical (unpaired) electrons. The first kappa shape index (κ1) is 12.1. The summed E-state index contributed by atoms with van der Waals surface area (Å²) in [5, 5.41) is 10.6. The molecule has 2 aliphatic rings. The molecule has 1 N–H and O–H groups in total. The summed E-state index contributed by atoms with van der Waals surface area (Å²) in [4.78, 5) is 0. The van der Waals surface area contributed by atoms with Gasteiger partial charge in [0.05, 0.1) is 0 Å². The second-order valence-electron chi connectivity index (χ2n) is 6.26.